The molecule has 0 bridgehead atoms. The van der Waals surface area contributed by atoms with Crippen LogP contribution in [-0.4, -0.2) is 29.3 Å². The minimum atomic E-state index is 0.326. The monoisotopic (exact) mass is 276 g/mol. The first-order valence-electron chi connectivity index (χ1n) is 6.54. The number of hydrogen-bond acceptors (Lipinski definition) is 3. The fourth-order valence-electron chi connectivity index (χ4n) is 2.52. The van der Waals surface area contributed by atoms with Crippen molar-refractivity contribution in [3.05, 3.63) is 35.5 Å². The molecule has 0 unspecified atom stereocenters. The maximum absolute atomic E-state index is 6.26. The predicted molar refractivity (Wildman–Crippen MR) is 78.5 cm³/mol. The summed E-state index contributed by atoms with van der Waals surface area (Å²) in [6.07, 6.45) is 3.91. The molecular formula is C14H17ClN4. The number of benzene rings is 1. The number of nitrogens with zero attached hydrogens (tertiary/aromatic N) is 2. The van der Waals surface area contributed by atoms with Gasteiger partial charge >= 0.3 is 0 Å². The Labute approximate surface area is 117 Å². The van der Waals surface area contributed by atoms with Gasteiger partial charge in [-0.3, -0.25) is 5.10 Å². The molecule has 3 rings (SSSR count). The van der Waals surface area contributed by atoms with Gasteiger partial charge in [0.25, 0.3) is 0 Å². The number of H-pyrrole nitrogens is 1. The van der Waals surface area contributed by atoms with E-state index in [0.717, 1.165) is 47.9 Å². The number of nitrogens with two attached hydrogens (primary N) is 1. The maximum atomic E-state index is 6.26. The highest BCUT2D eigenvalue weighted by Gasteiger charge is 2.21. The molecule has 1 saturated heterocycles. The fraction of sp³-hybridized carbons (Fsp3) is 0.357. The van der Waals surface area contributed by atoms with E-state index in [2.05, 4.69) is 15.1 Å². The number of aromatic amines is 1. The van der Waals surface area contributed by atoms with Crippen LogP contribution in [0.3, 0.4) is 0 Å². The average Bonchev–Trinajstić information content (AvgIpc) is 2.89. The van der Waals surface area contributed by atoms with Gasteiger partial charge in [-0.05, 0) is 18.9 Å². The molecule has 0 amide bonds. The Morgan fingerprint density at radius 1 is 1.26 bits per heavy atom. The normalized spacial score (nSPS) is 16.8. The lowest BCUT2D eigenvalue weighted by atomic mass is 10.0. The van der Waals surface area contributed by atoms with Crippen molar-refractivity contribution in [1.82, 2.24) is 10.2 Å². The van der Waals surface area contributed by atoms with Gasteiger partial charge in [-0.1, -0.05) is 29.8 Å². The summed E-state index contributed by atoms with van der Waals surface area (Å²) in [5.74, 6) is 0. The summed E-state index contributed by atoms with van der Waals surface area (Å²) >= 11 is 6.26. The third-order valence-corrected chi connectivity index (χ3v) is 3.97. The van der Waals surface area contributed by atoms with E-state index < -0.39 is 0 Å². The Morgan fingerprint density at radius 2 is 2.00 bits per heavy atom. The van der Waals surface area contributed by atoms with Gasteiger partial charge in [-0.2, -0.15) is 5.10 Å². The lowest BCUT2D eigenvalue weighted by molar-refractivity contribution is 0.501. The number of nitrogens with one attached hydrogen (secondary N) is 1. The molecule has 0 aliphatic carbocycles. The number of aromatic nitrogens is 2. The van der Waals surface area contributed by atoms with Crippen LogP contribution < -0.4 is 10.6 Å². The molecule has 100 valence electrons. The van der Waals surface area contributed by atoms with Crippen LogP contribution in [0.1, 0.15) is 12.8 Å². The second-order valence-corrected chi connectivity index (χ2v) is 5.34. The smallest absolute Gasteiger partial charge is 0.0899 e. The van der Waals surface area contributed by atoms with Crippen LogP contribution in [0, 0.1) is 0 Å². The van der Waals surface area contributed by atoms with E-state index in [1.165, 1.54) is 0 Å². The predicted octanol–water partition coefficient (Wildman–Crippen LogP) is 2.66. The van der Waals surface area contributed by atoms with Crippen molar-refractivity contribution in [2.75, 3.05) is 18.0 Å². The number of rotatable bonds is 2. The Kier molecular flexibility index (Phi) is 3.44. The number of piperidine rings is 1. The van der Waals surface area contributed by atoms with Gasteiger partial charge in [0.15, 0.2) is 0 Å². The molecule has 1 aliphatic heterocycles. The second-order valence-electron chi connectivity index (χ2n) is 4.93. The maximum Gasteiger partial charge on any atom is 0.0899 e. The van der Waals surface area contributed by atoms with Crippen LogP contribution in [0.4, 0.5) is 5.69 Å². The molecule has 2 heterocycles. The third kappa shape index (κ3) is 2.46. The quantitative estimate of drug-likeness (QED) is 0.887. The van der Waals surface area contributed by atoms with E-state index in [4.69, 9.17) is 17.3 Å². The Balaban J connectivity index is 1.93. The summed E-state index contributed by atoms with van der Waals surface area (Å²) < 4.78 is 0. The van der Waals surface area contributed by atoms with E-state index in [-0.39, 0.29) is 0 Å². The third-order valence-electron chi connectivity index (χ3n) is 3.64. The Bertz CT molecular complexity index is 558. The van der Waals surface area contributed by atoms with Crippen molar-refractivity contribution >= 4 is 17.3 Å². The Morgan fingerprint density at radius 3 is 2.74 bits per heavy atom. The van der Waals surface area contributed by atoms with E-state index >= 15 is 0 Å². The molecule has 19 heavy (non-hydrogen) atoms. The standard InChI is InChI=1S/C14H17ClN4/c15-12-4-2-1-3-11(12)14-13(9-17-18-14)19-7-5-10(16)6-8-19/h1-4,9-10H,5-8,16H2,(H,17,18). The van der Waals surface area contributed by atoms with E-state index in [0.29, 0.717) is 6.04 Å². The molecule has 4 nitrogen and oxygen atoms in total. The van der Waals surface area contributed by atoms with Crippen molar-refractivity contribution in [3.63, 3.8) is 0 Å². The minimum absolute atomic E-state index is 0.326. The van der Waals surface area contributed by atoms with Crippen LogP contribution in [0.2, 0.25) is 5.02 Å². The van der Waals surface area contributed by atoms with Crippen molar-refractivity contribution in [1.29, 1.82) is 0 Å². The second kappa shape index (κ2) is 5.23. The highest BCUT2D eigenvalue weighted by atomic mass is 35.5. The summed E-state index contributed by atoms with van der Waals surface area (Å²) in [5.41, 5.74) is 9.04. The first kappa shape index (κ1) is 12.5. The average molecular weight is 277 g/mol. The lowest BCUT2D eigenvalue weighted by Crippen LogP contribution is -2.39. The molecule has 0 spiro atoms. The Hall–Kier alpha value is -1.52. The zero-order valence-electron chi connectivity index (χ0n) is 10.6. The summed E-state index contributed by atoms with van der Waals surface area (Å²) in [4.78, 5) is 2.32. The number of anilines is 1. The van der Waals surface area contributed by atoms with Gasteiger partial charge < -0.3 is 10.6 Å². The lowest BCUT2D eigenvalue weighted by Gasteiger charge is -2.31. The van der Waals surface area contributed by atoms with Crippen LogP contribution in [0.25, 0.3) is 11.3 Å². The van der Waals surface area contributed by atoms with E-state index in [1.807, 2.05) is 30.5 Å². The van der Waals surface area contributed by atoms with Crippen LogP contribution in [0.15, 0.2) is 30.5 Å². The highest BCUT2D eigenvalue weighted by molar-refractivity contribution is 6.33. The summed E-state index contributed by atoms with van der Waals surface area (Å²) in [7, 11) is 0. The number of halogens is 1. The minimum Gasteiger partial charge on any atom is -0.368 e. The van der Waals surface area contributed by atoms with Gasteiger partial charge in [0.1, 0.15) is 0 Å². The van der Waals surface area contributed by atoms with Crippen LogP contribution in [-0.2, 0) is 0 Å². The van der Waals surface area contributed by atoms with Gasteiger partial charge in [-0.25, -0.2) is 0 Å². The molecule has 1 fully saturated rings. The SMILES string of the molecule is NC1CCN(c2cn[nH]c2-c2ccccc2Cl)CC1. The summed E-state index contributed by atoms with van der Waals surface area (Å²) in [5, 5.41) is 7.98. The first-order chi connectivity index (χ1) is 9.25. The van der Waals surface area contributed by atoms with E-state index in [1.54, 1.807) is 0 Å². The largest absolute Gasteiger partial charge is 0.368 e. The zero-order valence-corrected chi connectivity index (χ0v) is 11.4. The molecule has 1 aromatic carbocycles. The first-order valence-corrected chi connectivity index (χ1v) is 6.92. The topological polar surface area (TPSA) is 57.9 Å². The molecular weight excluding hydrogens is 260 g/mol. The highest BCUT2D eigenvalue weighted by Crippen LogP contribution is 2.34. The van der Waals surface area contributed by atoms with Crippen molar-refractivity contribution in [3.8, 4) is 11.3 Å². The van der Waals surface area contributed by atoms with Crippen LogP contribution >= 0.6 is 11.6 Å². The molecule has 0 atom stereocenters. The molecule has 2 aromatic rings. The van der Waals surface area contributed by atoms with Gasteiger partial charge in [-0.15, -0.1) is 0 Å². The molecule has 3 N–H and O–H groups in total. The van der Waals surface area contributed by atoms with Crippen molar-refractivity contribution in [2.24, 2.45) is 5.73 Å². The summed E-state index contributed by atoms with van der Waals surface area (Å²) in [6.45, 7) is 1.94. The molecule has 0 radical (unpaired) electrons. The van der Waals surface area contributed by atoms with Crippen molar-refractivity contribution in [2.45, 2.75) is 18.9 Å². The van der Waals surface area contributed by atoms with Crippen LogP contribution in [0.5, 0.6) is 0 Å². The van der Waals surface area contributed by atoms with Gasteiger partial charge in [0, 0.05) is 24.7 Å². The number of hydrogen-bond donors (Lipinski definition) is 2. The molecule has 1 aliphatic rings. The molecule has 5 heteroatoms. The van der Waals surface area contributed by atoms with Gasteiger partial charge in [0.2, 0.25) is 0 Å². The van der Waals surface area contributed by atoms with E-state index in [9.17, 15) is 0 Å². The molecule has 0 saturated carbocycles. The fourth-order valence-corrected chi connectivity index (χ4v) is 2.75. The van der Waals surface area contributed by atoms with Crippen molar-refractivity contribution < 1.29 is 0 Å². The zero-order chi connectivity index (χ0) is 13.2. The molecule has 1 aromatic heterocycles. The summed E-state index contributed by atoms with van der Waals surface area (Å²) in [6, 6.07) is 8.15. The van der Waals surface area contributed by atoms with Gasteiger partial charge in [0.05, 0.1) is 22.6 Å².